The topological polar surface area (TPSA) is 58.2 Å². The summed E-state index contributed by atoms with van der Waals surface area (Å²) in [6.45, 7) is 2.66. The first-order valence-corrected chi connectivity index (χ1v) is 9.52. The highest BCUT2D eigenvalue weighted by atomic mass is 35.5. The normalized spacial score (nSPS) is 11.6. The van der Waals surface area contributed by atoms with Gasteiger partial charge in [-0.15, -0.1) is 11.8 Å². The molecule has 0 radical (unpaired) electrons. The number of anilines is 1. The first-order valence-electron chi connectivity index (χ1n) is 7.99. The van der Waals surface area contributed by atoms with Crippen LogP contribution in [-0.4, -0.2) is 29.9 Å². The van der Waals surface area contributed by atoms with E-state index in [-0.39, 0.29) is 29.2 Å². The number of carbonyl (C=O) groups excluding carboxylic acids is 2. The SMILES string of the molecule is C[C@H](CNC(=O)CSCC(=O)Nc1ccc(Cl)cc1)c1ccccc1. The number of halogens is 1. The van der Waals surface area contributed by atoms with Crippen LogP contribution in [0, 0.1) is 0 Å². The third-order valence-corrected chi connectivity index (χ3v) is 4.75. The Hall–Kier alpha value is -1.98. The van der Waals surface area contributed by atoms with E-state index in [1.165, 1.54) is 17.3 Å². The Morgan fingerprint density at radius 2 is 1.64 bits per heavy atom. The zero-order chi connectivity index (χ0) is 18.1. The number of carbonyl (C=O) groups is 2. The number of thioether (sulfide) groups is 1. The van der Waals surface area contributed by atoms with E-state index in [9.17, 15) is 9.59 Å². The monoisotopic (exact) mass is 376 g/mol. The van der Waals surface area contributed by atoms with Crippen molar-refractivity contribution < 1.29 is 9.59 Å². The Kier molecular flexibility index (Phi) is 7.82. The molecule has 2 rings (SSSR count). The van der Waals surface area contributed by atoms with Crippen molar-refractivity contribution in [3.8, 4) is 0 Å². The van der Waals surface area contributed by atoms with Crippen molar-refractivity contribution in [3.05, 3.63) is 65.2 Å². The van der Waals surface area contributed by atoms with Crippen LogP contribution in [0.25, 0.3) is 0 Å². The fraction of sp³-hybridized carbons (Fsp3) is 0.263. The highest BCUT2D eigenvalue weighted by molar-refractivity contribution is 8.00. The van der Waals surface area contributed by atoms with Gasteiger partial charge in [0.25, 0.3) is 0 Å². The number of hydrogen-bond donors (Lipinski definition) is 2. The third kappa shape index (κ3) is 7.20. The summed E-state index contributed by atoms with van der Waals surface area (Å²) >= 11 is 7.09. The van der Waals surface area contributed by atoms with E-state index in [1.54, 1.807) is 24.3 Å². The third-order valence-electron chi connectivity index (χ3n) is 3.57. The summed E-state index contributed by atoms with van der Waals surface area (Å²) in [5.41, 5.74) is 1.88. The van der Waals surface area contributed by atoms with Gasteiger partial charge in [0.1, 0.15) is 0 Å². The van der Waals surface area contributed by atoms with E-state index in [0.717, 1.165) is 0 Å². The molecule has 0 saturated carbocycles. The number of nitrogens with one attached hydrogen (secondary N) is 2. The largest absolute Gasteiger partial charge is 0.355 e. The molecular weight excluding hydrogens is 356 g/mol. The lowest BCUT2D eigenvalue weighted by atomic mass is 10.0. The minimum absolute atomic E-state index is 0.0629. The number of hydrogen-bond acceptors (Lipinski definition) is 3. The Bertz CT molecular complexity index is 692. The van der Waals surface area contributed by atoms with Crippen LogP contribution in [0.15, 0.2) is 54.6 Å². The molecule has 0 bridgehead atoms. The van der Waals surface area contributed by atoms with Crippen LogP contribution in [0.3, 0.4) is 0 Å². The van der Waals surface area contributed by atoms with Crippen LogP contribution in [0.2, 0.25) is 5.02 Å². The van der Waals surface area contributed by atoms with Gasteiger partial charge in [-0.1, -0.05) is 48.9 Å². The molecule has 2 aromatic carbocycles. The zero-order valence-electron chi connectivity index (χ0n) is 14.0. The predicted octanol–water partition coefficient (Wildman–Crippen LogP) is 3.93. The lowest BCUT2D eigenvalue weighted by molar-refractivity contribution is -0.118. The second-order valence-corrected chi connectivity index (χ2v) is 7.09. The van der Waals surface area contributed by atoms with Crippen molar-refractivity contribution in [2.45, 2.75) is 12.8 Å². The standard InChI is InChI=1S/C19H21ClN2O2S/c1-14(15-5-3-2-4-6-15)11-21-18(23)12-25-13-19(24)22-17-9-7-16(20)8-10-17/h2-10,14H,11-13H2,1H3,(H,21,23)(H,22,24)/t14-/m1/s1. The van der Waals surface area contributed by atoms with Crippen LogP contribution in [0.4, 0.5) is 5.69 Å². The average molecular weight is 377 g/mol. The molecule has 0 saturated heterocycles. The van der Waals surface area contributed by atoms with Crippen molar-refractivity contribution >= 4 is 40.9 Å². The number of benzene rings is 2. The van der Waals surface area contributed by atoms with E-state index >= 15 is 0 Å². The van der Waals surface area contributed by atoms with Crippen LogP contribution in [-0.2, 0) is 9.59 Å². The van der Waals surface area contributed by atoms with Crippen molar-refractivity contribution in [3.63, 3.8) is 0 Å². The maximum absolute atomic E-state index is 11.9. The van der Waals surface area contributed by atoms with Gasteiger partial charge in [-0.05, 0) is 35.7 Å². The summed E-state index contributed by atoms with van der Waals surface area (Å²) in [6, 6.07) is 17.0. The molecule has 2 amide bonds. The summed E-state index contributed by atoms with van der Waals surface area (Å²) in [7, 11) is 0. The molecule has 6 heteroatoms. The van der Waals surface area contributed by atoms with Crippen molar-refractivity contribution in [1.82, 2.24) is 5.32 Å². The first-order chi connectivity index (χ1) is 12.0. The molecule has 25 heavy (non-hydrogen) atoms. The van der Waals surface area contributed by atoms with Gasteiger partial charge in [-0.3, -0.25) is 9.59 Å². The van der Waals surface area contributed by atoms with Gasteiger partial charge < -0.3 is 10.6 Å². The molecule has 0 spiro atoms. The Morgan fingerprint density at radius 3 is 2.32 bits per heavy atom. The van der Waals surface area contributed by atoms with Crippen LogP contribution < -0.4 is 10.6 Å². The van der Waals surface area contributed by atoms with E-state index in [0.29, 0.717) is 17.3 Å². The fourth-order valence-electron chi connectivity index (χ4n) is 2.18. The lowest BCUT2D eigenvalue weighted by Crippen LogP contribution is -2.29. The molecule has 0 heterocycles. The Labute approximate surface area is 157 Å². The quantitative estimate of drug-likeness (QED) is 0.733. The maximum Gasteiger partial charge on any atom is 0.234 e. The molecule has 0 aliphatic carbocycles. The molecule has 0 aliphatic rings. The molecule has 0 unspecified atom stereocenters. The summed E-state index contributed by atoms with van der Waals surface area (Å²) in [6.07, 6.45) is 0. The summed E-state index contributed by atoms with van der Waals surface area (Å²) in [5, 5.41) is 6.29. The van der Waals surface area contributed by atoms with Crippen molar-refractivity contribution in [2.24, 2.45) is 0 Å². The zero-order valence-corrected chi connectivity index (χ0v) is 15.6. The van der Waals surface area contributed by atoms with Gasteiger partial charge in [-0.25, -0.2) is 0 Å². The Balaban J connectivity index is 1.63. The van der Waals surface area contributed by atoms with Gasteiger partial charge in [0.15, 0.2) is 0 Å². The van der Waals surface area contributed by atoms with Crippen molar-refractivity contribution in [2.75, 3.05) is 23.4 Å². The fourth-order valence-corrected chi connectivity index (χ4v) is 2.96. The van der Waals surface area contributed by atoms with Crippen LogP contribution in [0.5, 0.6) is 0 Å². The summed E-state index contributed by atoms with van der Waals surface area (Å²) < 4.78 is 0. The second-order valence-electron chi connectivity index (χ2n) is 5.66. The predicted molar refractivity (Wildman–Crippen MR) is 105 cm³/mol. The van der Waals surface area contributed by atoms with E-state index in [1.807, 2.05) is 30.3 Å². The van der Waals surface area contributed by atoms with E-state index < -0.39 is 0 Å². The molecule has 132 valence electrons. The van der Waals surface area contributed by atoms with E-state index in [2.05, 4.69) is 17.6 Å². The molecular formula is C19H21ClN2O2S. The minimum Gasteiger partial charge on any atom is -0.355 e. The van der Waals surface area contributed by atoms with E-state index in [4.69, 9.17) is 11.6 Å². The Morgan fingerprint density at radius 1 is 1.00 bits per heavy atom. The minimum atomic E-state index is -0.141. The highest BCUT2D eigenvalue weighted by Crippen LogP contribution is 2.14. The maximum atomic E-state index is 11.9. The molecule has 1 atom stereocenters. The molecule has 4 nitrogen and oxygen atoms in total. The number of rotatable bonds is 8. The molecule has 0 aliphatic heterocycles. The van der Waals surface area contributed by atoms with Gasteiger partial charge in [0.05, 0.1) is 11.5 Å². The van der Waals surface area contributed by atoms with Crippen LogP contribution >= 0.6 is 23.4 Å². The second kappa shape index (κ2) is 10.1. The smallest absolute Gasteiger partial charge is 0.234 e. The van der Waals surface area contributed by atoms with Gasteiger partial charge >= 0.3 is 0 Å². The molecule has 2 N–H and O–H groups in total. The number of amides is 2. The van der Waals surface area contributed by atoms with Gasteiger partial charge in [0.2, 0.25) is 11.8 Å². The lowest BCUT2D eigenvalue weighted by Gasteiger charge is -2.13. The van der Waals surface area contributed by atoms with Gasteiger partial charge in [0, 0.05) is 17.3 Å². The van der Waals surface area contributed by atoms with Gasteiger partial charge in [-0.2, -0.15) is 0 Å². The highest BCUT2D eigenvalue weighted by Gasteiger charge is 2.09. The first kappa shape index (κ1) is 19.3. The molecule has 2 aromatic rings. The summed E-state index contributed by atoms with van der Waals surface area (Å²) in [4.78, 5) is 23.7. The molecule has 0 fully saturated rings. The average Bonchev–Trinajstić information content (AvgIpc) is 2.62. The molecule has 0 aromatic heterocycles. The van der Waals surface area contributed by atoms with Crippen molar-refractivity contribution in [1.29, 1.82) is 0 Å². The summed E-state index contributed by atoms with van der Waals surface area (Å²) in [5.74, 6) is 0.535. The van der Waals surface area contributed by atoms with Crippen LogP contribution in [0.1, 0.15) is 18.4 Å².